The van der Waals surface area contributed by atoms with Gasteiger partial charge in [0.1, 0.15) is 5.69 Å². The van der Waals surface area contributed by atoms with Crippen molar-refractivity contribution >= 4 is 11.6 Å². The summed E-state index contributed by atoms with van der Waals surface area (Å²) in [4.78, 5) is 28.4. The molecule has 0 bridgehead atoms. The minimum absolute atomic E-state index is 0.0642. The number of piperazine rings is 1. The molecule has 2 aromatic carbocycles. The van der Waals surface area contributed by atoms with Gasteiger partial charge in [0, 0.05) is 70.3 Å². The largest absolute Gasteiger partial charge is 0.369 e. The number of likely N-dealkylation sites (tertiary alicyclic amines) is 1. The van der Waals surface area contributed by atoms with Gasteiger partial charge in [0.25, 0.3) is 5.91 Å². The maximum Gasteiger partial charge on any atom is 0.272 e. The standard InChI is InChI=1S/C39H55N5O/c1-4-5-7-10-33-15-18-38(40-29-33)39(45)44(37-20-23-41(24-21-37)22-19-32(2)3)31-35-13-16-36(17-14-35)43-27-25-42(26-28-43)30-34-11-8-6-9-12-34/h6,8-9,11-18,29,32,37H,4-5,7,10,19-28,30-31H2,1-3H3. The second kappa shape index (κ2) is 16.9. The van der Waals surface area contributed by atoms with Crippen LogP contribution in [0.3, 0.4) is 0 Å². The Morgan fingerprint density at radius 3 is 2.18 bits per heavy atom. The molecule has 1 amide bonds. The number of piperidine rings is 1. The lowest BCUT2D eigenvalue weighted by atomic mass is 10.00. The first-order valence-corrected chi connectivity index (χ1v) is 17.6. The molecule has 2 fully saturated rings. The molecule has 0 saturated carbocycles. The molecule has 0 radical (unpaired) electrons. The number of rotatable bonds is 14. The van der Waals surface area contributed by atoms with Crippen LogP contribution in [0.1, 0.15) is 86.5 Å². The van der Waals surface area contributed by atoms with Crippen molar-refractivity contribution in [2.75, 3.05) is 50.7 Å². The van der Waals surface area contributed by atoms with Crippen LogP contribution in [-0.2, 0) is 19.5 Å². The Balaban J connectivity index is 1.22. The average Bonchev–Trinajstić information content (AvgIpc) is 3.08. The minimum Gasteiger partial charge on any atom is -0.369 e. The van der Waals surface area contributed by atoms with Gasteiger partial charge in [0.2, 0.25) is 0 Å². The molecule has 0 unspecified atom stereocenters. The molecule has 242 valence electrons. The molecule has 0 N–H and O–H groups in total. The van der Waals surface area contributed by atoms with Crippen molar-refractivity contribution in [1.29, 1.82) is 0 Å². The van der Waals surface area contributed by atoms with Crippen molar-refractivity contribution < 1.29 is 4.79 Å². The fourth-order valence-electron chi connectivity index (χ4n) is 6.70. The van der Waals surface area contributed by atoms with E-state index in [2.05, 4.69) is 106 Å². The number of carbonyl (C=O) groups excluding carboxylic acids is 1. The monoisotopic (exact) mass is 609 g/mol. The molecule has 5 rings (SSSR count). The molecule has 2 aliphatic rings. The van der Waals surface area contributed by atoms with E-state index in [-0.39, 0.29) is 11.9 Å². The van der Waals surface area contributed by atoms with Gasteiger partial charge >= 0.3 is 0 Å². The van der Waals surface area contributed by atoms with Gasteiger partial charge in [-0.25, -0.2) is 0 Å². The van der Waals surface area contributed by atoms with Gasteiger partial charge in [-0.3, -0.25) is 14.7 Å². The summed E-state index contributed by atoms with van der Waals surface area (Å²) >= 11 is 0. The number of aromatic nitrogens is 1. The Morgan fingerprint density at radius 1 is 0.822 bits per heavy atom. The van der Waals surface area contributed by atoms with E-state index in [0.29, 0.717) is 12.2 Å². The number of benzene rings is 2. The van der Waals surface area contributed by atoms with E-state index >= 15 is 0 Å². The second-order valence-electron chi connectivity index (χ2n) is 13.6. The number of nitrogens with zero attached hydrogens (tertiary/aromatic N) is 5. The van der Waals surface area contributed by atoms with E-state index in [0.717, 1.165) is 77.5 Å². The van der Waals surface area contributed by atoms with E-state index < -0.39 is 0 Å². The molecule has 0 spiro atoms. The number of carbonyl (C=O) groups is 1. The highest BCUT2D eigenvalue weighted by Crippen LogP contribution is 2.24. The quantitative estimate of drug-likeness (QED) is 0.180. The average molecular weight is 610 g/mol. The summed E-state index contributed by atoms with van der Waals surface area (Å²) in [7, 11) is 0. The Morgan fingerprint density at radius 2 is 1.53 bits per heavy atom. The summed E-state index contributed by atoms with van der Waals surface area (Å²) in [6.07, 6.45) is 9.83. The first kappa shape index (κ1) is 33.2. The van der Waals surface area contributed by atoms with Gasteiger partial charge in [-0.2, -0.15) is 0 Å². The number of hydrogen-bond acceptors (Lipinski definition) is 5. The molecule has 3 aromatic rings. The van der Waals surface area contributed by atoms with Crippen LogP contribution in [0, 0.1) is 5.92 Å². The first-order chi connectivity index (χ1) is 22.0. The molecule has 3 heterocycles. The predicted octanol–water partition coefficient (Wildman–Crippen LogP) is 7.29. The third-order valence-electron chi connectivity index (χ3n) is 9.67. The molecule has 45 heavy (non-hydrogen) atoms. The third kappa shape index (κ3) is 9.88. The molecule has 0 aliphatic carbocycles. The number of anilines is 1. The normalized spacial score (nSPS) is 16.8. The van der Waals surface area contributed by atoms with Crippen LogP contribution in [0.25, 0.3) is 0 Å². The van der Waals surface area contributed by atoms with Crippen LogP contribution in [0.4, 0.5) is 5.69 Å². The minimum atomic E-state index is 0.0642. The van der Waals surface area contributed by atoms with Gasteiger partial charge in [0.15, 0.2) is 0 Å². The van der Waals surface area contributed by atoms with Crippen molar-refractivity contribution in [2.45, 2.75) is 84.8 Å². The summed E-state index contributed by atoms with van der Waals surface area (Å²) < 4.78 is 0. The zero-order valence-corrected chi connectivity index (χ0v) is 28.0. The number of hydrogen-bond donors (Lipinski definition) is 0. The molecular formula is C39H55N5O. The lowest BCUT2D eigenvalue weighted by Crippen LogP contribution is -2.47. The van der Waals surface area contributed by atoms with Crippen LogP contribution in [0.2, 0.25) is 0 Å². The number of aryl methyl sites for hydroxylation is 1. The van der Waals surface area contributed by atoms with Crippen molar-refractivity contribution in [2.24, 2.45) is 5.92 Å². The summed E-state index contributed by atoms with van der Waals surface area (Å²) in [5.74, 6) is 0.785. The summed E-state index contributed by atoms with van der Waals surface area (Å²) in [6, 6.07) is 24.0. The molecule has 1 aromatic heterocycles. The highest BCUT2D eigenvalue weighted by atomic mass is 16.2. The van der Waals surface area contributed by atoms with Gasteiger partial charge in [-0.05, 0) is 79.5 Å². The van der Waals surface area contributed by atoms with Crippen LogP contribution < -0.4 is 4.90 Å². The number of unbranched alkanes of at least 4 members (excludes halogenated alkanes) is 2. The van der Waals surface area contributed by atoms with E-state index in [1.165, 1.54) is 48.1 Å². The summed E-state index contributed by atoms with van der Waals surface area (Å²) in [5, 5.41) is 0. The maximum absolute atomic E-state index is 14.0. The van der Waals surface area contributed by atoms with E-state index in [4.69, 9.17) is 0 Å². The highest BCUT2D eigenvalue weighted by molar-refractivity contribution is 5.92. The highest BCUT2D eigenvalue weighted by Gasteiger charge is 2.29. The fraction of sp³-hybridized carbons (Fsp3) is 0.538. The molecule has 2 aliphatic heterocycles. The summed E-state index contributed by atoms with van der Waals surface area (Å²) in [6.45, 7) is 15.9. The summed E-state index contributed by atoms with van der Waals surface area (Å²) in [5.41, 5.74) is 5.64. The van der Waals surface area contributed by atoms with E-state index in [1.54, 1.807) is 0 Å². The third-order valence-corrected chi connectivity index (χ3v) is 9.67. The predicted molar refractivity (Wildman–Crippen MR) is 187 cm³/mol. The lowest BCUT2D eigenvalue weighted by Gasteiger charge is -2.39. The Kier molecular flexibility index (Phi) is 12.5. The van der Waals surface area contributed by atoms with Crippen LogP contribution in [0.5, 0.6) is 0 Å². The Hall–Kier alpha value is -3.22. The van der Waals surface area contributed by atoms with Gasteiger partial charge < -0.3 is 14.7 Å². The number of amides is 1. The van der Waals surface area contributed by atoms with E-state index in [9.17, 15) is 4.79 Å². The Bertz CT molecular complexity index is 1280. The van der Waals surface area contributed by atoms with Gasteiger partial charge in [-0.1, -0.05) is 82.1 Å². The van der Waals surface area contributed by atoms with Crippen molar-refractivity contribution in [3.63, 3.8) is 0 Å². The lowest BCUT2D eigenvalue weighted by molar-refractivity contribution is 0.0540. The van der Waals surface area contributed by atoms with Crippen LogP contribution in [0.15, 0.2) is 72.9 Å². The zero-order chi connectivity index (χ0) is 31.4. The fourth-order valence-corrected chi connectivity index (χ4v) is 6.70. The molecule has 2 saturated heterocycles. The van der Waals surface area contributed by atoms with Gasteiger partial charge in [0.05, 0.1) is 0 Å². The zero-order valence-electron chi connectivity index (χ0n) is 28.0. The van der Waals surface area contributed by atoms with Crippen LogP contribution in [-0.4, -0.2) is 77.4 Å². The second-order valence-corrected chi connectivity index (χ2v) is 13.6. The number of pyridine rings is 1. The molecule has 0 atom stereocenters. The van der Waals surface area contributed by atoms with Crippen molar-refractivity contribution in [3.8, 4) is 0 Å². The van der Waals surface area contributed by atoms with Crippen LogP contribution >= 0.6 is 0 Å². The topological polar surface area (TPSA) is 42.9 Å². The van der Waals surface area contributed by atoms with Crippen molar-refractivity contribution in [3.05, 3.63) is 95.3 Å². The SMILES string of the molecule is CCCCCc1ccc(C(=O)N(Cc2ccc(N3CCN(Cc4ccccc4)CC3)cc2)C2CCN(CCC(C)C)CC2)nc1. The molecule has 6 nitrogen and oxygen atoms in total. The maximum atomic E-state index is 14.0. The first-order valence-electron chi connectivity index (χ1n) is 17.6. The smallest absolute Gasteiger partial charge is 0.272 e. The van der Waals surface area contributed by atoms with Gasteiger partial charge in [-0.15, -0.1) is 0 Å². The van der Waals surface area contributed by atoms with Crippen molar-refractivity contribution in [1.82, 2.24) is 19.7 Å². The molecular weight excluding hydrogens is 554 g/mol. The van der Waals surface area contributed by atoms with E-state index in [1.807, 2.05) is 12.3 Å². The molecule has 6 heteroatoms. The Labute approximate surface area is 272 Å².